The van der Waals surface area contributed by atoms with Gasteiger partial charge in [-0.2, -0.15) is 5.10 Å². The van der Waals surface area contributed by atoms with E-state index in [0.29, 0.717) is 0 Å². The van der Waals surface area contributed by atoms with Gasteiger partial charge in [0.15, 0.2) is 0 Å². The summed E-state index contributed by atoms with van der Waals surface area (Å²) in [7, 11) is 0. The first kappa shape index (κ1) is 13.9. The molecule has 3 nitrogen and oxygen atoms in total. The number of hydrogen-bond donors (Lipinski definition) is 1. The smallest absolute Gasteiger partial charge is 0.0666 e. The van der Waals surface area contributed by atoms with Gasteiger partial charge in [-0.25, -0.2) is 4.68 Å². The van der Waals surface area contributed by atoms with Crippen molar-refractivity contribution in [3.8, 4) is 5.69 Å². The zero-order chi connectivity index (χ0) is 14.7. The first-order chi connectivity index (χ1) is 10.2. The van der Waals surface area contributed by atoms with Gasteiger partial charge in [0.05, 0.1) is 5.69 Å². The molecule has 0 radical (unpaired) electrons. The van der Waals surface area contributed by atoms with E-state index in [-0.39, 0.29) is 6.04 Å². The number of halogens is 1. The van der Waals surface area contributed by atoms with Crippen LogP contribution in [0.25, 0.3) is 5.69 Å². The number of rotatable bonds is 4. The third-order valence-electron chi connectivity index (χ3n) is 3.37. The summed E-state index contributed by atoms with van der Waals surface area (Å²) in [6, 6.07) is 18.6. The average molecular weight is 342 g/mol. The zero-order valence-corrected chi connectivity index (χ0v) is 13.3. The Morgan fingerprint density at radius 1 is 1.10 bits per heavy atom. The highest BCUT2D eigenvalue weighted by atomic mass is 79.9. The molecule has 1 unspecified atom stereocenters. The Morgan fingerprint density at radius 3 is 2.71 bits per heavy atom. The molecule has 0 aliphatic carbocycles. The Kier molecular flexibility index (Phi) is 4.06. The first-order valence-electron chi connectivity index (χ1n) is 6.85. The molecule has 3 aromatic rings. The number of nitrogens with one attached hydrogen (secondary N) is 1. The molecule has 0 saturated heterocycles. The Balaban J connectivity index is 1.82. The van der Waals surface area contributed by atoms with Crippen LogP contribution in [-0.4, -0.2) is 9.78 Å². The predicted octanol–water partition coefficient (Wildman–Crippen LogP) is 4.81. The highest BCUT2D eigenvalue weighted by molar-refractivity contribution is 9.10. The van der Waals surface area contributed by atoms with Crippen LogP contribution in [0.3, 0.4) is 0 Å². The van der Waals surface area contributed by atoms with Gasteiger partial charge in [-0.05, 0) is 42.8 Å². The molecule has 1 heterocycles. The molecular formula is C17H16BrN3. The van der Waals surface area contributed by atoms with E-state index in [2.05, 4.69) is 63.6 Å². The lowest BCUT2D eigenvalue weighted by Crippen LogP contribution is -2.07. The molecule has 1 atom stereocenters. The largest absolute Gasteiger partial charge is 0.378 e. The maximum Gasteiger partial charge on any atom is 0.0666 e. The maximum absolute atomic E-state index is 4.26. The van der Waals surface area contributed by atoms with Gasteiger partial charge in [0.1, 0.15) is 0 Å². The summed E-state index contributed by atoms with van der Waals surface area (Å²) in [5.41, 5.74) is 3.36. The summed E-state index contributed by atoms with van der Waals surface area (Å²) in [6.45, 7) is 2.15. The lowest BCUT2D eigenvalue weighted by Gasteiger charge is -2.17. The summed E-state index contributed by atoms with van der Waals surface area (Å²) in [5, 5.41) is 7.79. The minimum Gasteiger partial charge on any atom is -0.378 e. The van der Waals surface area contributed by atoms with Crippen molar-refractivity contribution in [3.05, 3.63) is 77.0 Å². The molecule has 0 amide bonds. The van der Waals surface area contributed by atoms with Crippen molar-refractivity contribution >= 4 is 21.6 Å². The number of aromatic nitrogens is 2. The Morgan fingerprint density at radius 2 is 1.95 bits per heavy atom. The van der Waals surface area contributed by atoms with Gasteiger partial charge in [0.25, 0.3) is 0 Å². The van der Waals surface area contributed by atoms with E-state index in [1.165, 1.54) is 5.56 Å². The second-order valence-electron chi connectivity index (χ2n) is 4.89. The minimum atomic E-state index is 0.216. The molecule has 0 bridgehead atoms. The quantitative estimate of drug-likeness (QED) is 0.738. The fourth-order valence-corrected chi connectivity index (χ4v) is 2.94. The number of hydrogen-bond acceptors (Lipinski definition) is 2. The van der Waals surface area contributed by atoms with Crippen LogP contribution < -0.4 is 5.32 Å². The van der Waals surface area contributed by atoms with Crippen LogP contribution >= 0.6 is 15.9 Å². The summed E-state index contributed by atoms with van der Waals surface area (Å²) in [4.78, 5) is 0. The molecular weight excluding hydrogens is 326 g/mol. The number of benzene rings is 2. The molecule has 0 fully saturated rings. The molecule has 1 aromatic heterocycles. The lowest BCUT2D eigenvalue weighted by molar-refractivity contribution is 0.867. The van der Waals surface area contributed by atoms with Crippen molar-refractivity contribution in [2.24, 2.45) is 0 Å². The summed E-state index contributed by atoms with van der Waals surface area (Å²) >= 11 is 3.60. The predicted molar refractivity (Wildman–Crippen MR) is 89.7 cm³/mol. The third kappa shape index (κ3) is 3.16. The zero-order valence-electron chi connectivity index (χ0n) is 11.7. The van der Waals surface area contributed by atoms with Gasteiger partial charge < -0.3 is 5.32 Å². The molecule has 0 spiro atoms. The lowest BCUT2D eigenvalue weighted by atomic mass is 10.1. The van der Waals surface area contributed by atoms with Crippen molar-refractivity contribution in [2.45, 2.75) is 13.0 Å². The van der Waals surface area contributed by atoms with Crippen LogP contribution in [0.4, 0.5) is 5.69 Å². The standard InChI is InChI=1S/C17H16BrN3/c1-13(16-8-2-3-9-17(16)18)20-14-6-4-7-15(12-14)21-11-5-10-19-21/h2-13,20H,1H3. The van der Waals surface area contributed by atoms with E-state index in [4.69, 9.17) is 0 Å². The van der Waals surface area contributed by atoms with Crippen molar-refractivity contribution in [2.75, 3.05) is 5.32 Å². The van der Waals surface area contributed by atoms with Crippen LogP contribution in [0.2, 0.25) is 0 Å². The summed E-state index contributed by atoms with van der Waals surface area (Å²) < 4.78 is 2.97. The number of nitrogens with zero attached hydrogens (tertiary/aromatic N) is 2. The summed E-state index contributed by atoms with van der Waals surface area (Å²) in [5.74, 6) is 0. The first-order valence-corrected chi connectivity index (χ1v) is 7.64. The molecule has 2 aromatic carbocycles. The highest BCUT2D eigenvalue weighted by Gasteiger charge is 2.09. The van der Waals surface area contributed by atoms with E-state index in [1.54, 1.807) is 6.20 Å². The molecule has 0 aliphatic heterocycles. The normalized spacial score (nSPS) is 12.1. The van der Waals surface area contributed by atoms with Crippen LogP contribution in [0.1, 0.15) is 18.5 Å². The topological polar surface area (TPSA) is 29.9 Å². The van der Waals surface area contributed by atoms with Crippen LogP contribution in [0, 0.1) is 0 Å². The van der Waals surface area contributed by atoms with Gasteiger partial charge in [-0.1, -0.05) is 40.2 Å². The molecule has 0 saturated carbocycles. The average Bonchev–Trinajstić information content (AvgIpc) is 3.02. The second kappa shape index (κ2) is 6.14. The van der Waals surface area contributed by atoms with Crippen molar-refractivity contribution in [1.29, 1.82) is 0 Å². The Labute approximate surface area is 132 Å². The van der Waals surface area contributed by atoms with Gasteiger partial charge in [-0.3, -0.25) is 0 Å². The van der Waals surface area contributed by atoms with E-state index in [9.17, 15) is 0 Å². The molecule has 0 aliphatic rings. The fraction of sp³-hybridized carbons (Fsp3) is 0.118. The van der Waals surface area contributed by atoms with Gasteiger partial charge in [0, 0.05) is 28.6 Å². The van der Waals surface area contributed by atoms with E-state index in [1.807, 2.05) is 35.1 Å². The van der Waals surface area contributed by atoms with Crippen LogP contribution in [0.5, 0.6) is 0 Å². The van der Waals surface area contributed by atoms with Crippen molar-refractivity contribution < 1.29 is 0 Å². The van der Waals surface area contributed by atoms with E-state index < -0.39 is 0 Å². The molecule has 1 N–H and O–H groups in total. The van der Waals surface area contributed by atoms with Crippen molar-refractivity contribution in [3.63, 3.8) is 0 Å². The molecule has 4 heteroatoms. The molecule has 21 heavy (non-hydrogen) atoms. The van der Waals surface area contributed by atoms with E-state index in [0.717, 1.165) is 15.8 Å². The van der Waals surface area contributed by atoms with Gasteiger partial charge >= 0.3 is 0 Å². The maximum atomic E-state index is 4.26. The van der Waals surface area contributed by atoms with Crippen molar-refractivity contribution in [1.82, 2.24) is 9.78 Å². The molecule has 106 valence electrons. The van der Waals surface area contributed by atoms with Gasteiger partial charge in [0.2, 0.25) is 0 Å². The fourth-order valence-electron chi connectivity index (χ4n) is 2.31. The SMILES string of the molecule is CC(Nc1cccc(-n2cccn2)c1)c1ccccc1Br. The molecule has 3 rings (SSSR count). The third-order valence-corrected chi connectivity index (χ3v) is 4.09. The Hall–Kier alpha value is -2.07. The van der Waals surface area contributed by atoms with E-state index >= 15 is 0 Å². The minimum absolute atomic E-state index is 0.216. The van der Waals surface area contributed by atoms with Gasteiger partial charge in [-0.15, -0.1) is 0 Å². The Bertz CT molecular complexity index is 722. The monoisotopic (exact) mass is 341 g/mol. The summed E-state index contributed by atoms with van der Waals surface area (Å²) in [6.07, 6.45) is 3.72. The second-order valence-corrected chi connectivity index (χ2v) is 5.74. The highest BCUT2D eigenvalue weighted by Crippen LogP contribution is 2.26. The van der Waals surface area contributed by atoms with Crippen LogP contribution in [-0.2, 0) is 0 Å². The van der Waals surface area contributed by atoms with Crippen LogP contribution in [0.15, 0.2) is 71.5 Å². The number of anilines is 1.